The third-order valence-electron chi connectivity index (χ3n) is 4.64. The number of carbonyl (C=O) groups is 1. The maximum Gasteiger partial charge on any atom is 0.220 e. The van der Waals surface area contributed by atoms with Gasteiger partial charge in [-0.25, -0.2) is 4.98 Å². The van der Waals surface area contributed by atoms with Crippen molar-refractivity contribution in [1.29, 1.82) is 0 Å². The fourth-order valence-electron chi connectivity index (χ4n) is 3.39. The lowest BCUT2D eigenvalue weighted by Crippen LogP contribution is -2.40. The number of rotatable bonds is 7. The second-order valence-electron chi connectivity index (χ2n) is 6.70. The average molecular weight is 342 g/mol. The standard InChI is InChI=1S/C19H26N4O2/c1-22-12-16(18-11-20-14-23(18)2)17(13-22)21-19(24)9-6-10-25-15-7-4-3-5-8-15/h3-5,7-8,11,14,16-17H,6,9-10,12-13H2,1-2H3,(H,21,24)/t16-,17-/m1/s1. The highest BCUT2D eigenvalue weighted by molar-refractivity contribution is 5.76. The molecule has 1 aromatic carbocycles. The zero-order valence-corrected chi connectivity index (χ0v) is 14.9. The number of benzene rings is 1. The first-order chi connectivity index (χ1) is 12.1. The van der Waals surface area contributed by atoms with Crippen molar-refractivity contribution in [3.8, 4) is 5.75 Å². The number of aromatic nitrogens is 2. The van der Waals surface area contributed by atoms with Gasteiger partial charge in [0.1, 0.15) is 5.75 Å². The molecule has 1 saturated heterocycles. The van der Waals surface area contributed by atoms with Crippen molar-refractivity contribution in [2.75, 3.05) is 26.7 Å². The predicted octanol–water partition coefficient (Wildman–Crippen LogP) is 1.79. The minimum absolute atomic E-state index is 0.0872. The average Bonchev–Trinajstić information content (AvgIpc) is 3.17. The SMILES string of the molecule is CN1C[C@@H](NC(=O)CCCOc2ccccc2)[C@H](c2cncn2C)C1. The number of nitrogens with one attached hydrogen (secondary N) is 1. The summed E-state index contributed by atoms with van der Waals surface area (Å²) in [7, 11) is 4.09. The third kappa shape index (κ3) is 4.60. The van der Waals surface area contributed by atoms with Crippen molar-refractivity contribution >= 4 is 5.91 Å². The van der Waals surface area contributed by atoms with Gasteiger partial charge in [-0.15, -0.1) is 0 Å². The van der Waals surface area contributed by atoms with Gasteiger partial charge in [-0.2, -0.15) is 0 Å². The van der Waals surface area contributed by atoms with Crippen molar-refractivity contribution in [3.05, 3.63) is 48.5 Å². The minimum atomic E-state index is 0.0872. The molecule has 2 atom stereocenters. The molecule has 0 radical (unpaired) electrons. The van der Waals surface area contributed by atoms with Crippen LogP contribution in [-0.2, 0) is 11.8 Å². The number of aryl methyl sites for hydroxylation is 1. The molecule has 25 heavy (non-hydrogen) atoms. The highest BCUT2D eigenvalue weighted by atomic mass is 16.5. The van der Waals surface area contributed by atoms with Crippen LogP contribution in [0.4, 0.5) is 0 Å². The predicted molar refractivity (Wildman–Crippen MR) is 96.5 cm³/mol. The summed E-state index contributed by atoms with van der Waals surface area (Å²) in [5, 5.41) is 3.20. The van der Waals surface area contributed by atoms with Crippen LogP contribution < -0.4 is 10.1 Å². The van der Waals surface area contributed by atoms with E-state index in [4.69, 9.17) is 4.74 Å². The normalized spacial score (nSPS) is 20.6. The van der Waals surface area contributed by atoms with Gasteiger partial charge in [0.2, 0.25) is 5.91 Å². The van der Waals surface area contributed by atoms with Gasteiger partial charge >= 0.3 is 0 Å². The van der Waals surface area contributed by atoms with Gasteiger partial charge in [0.25, 0.3) is 0 Å². The number of ether oxygens (including phenoxy) is 1. The molecule has 1 N–H and O–H groups in total. The number of amides is 1. The van der Waals surface area contributed by atoms with Crippen molar-refractivity contribution in [1.82, 2.24) is 19.8 Å². The van der Waals surface area contributed by atoms with E-state index in [2.05, 4.69) is 22.2 Å². The molecule has 3 rings (SSSR count). The van der Waals surface area contributed by atoms with Crippen LogP contribution in [0, 0.1) is 0 Å². The lowest BCUT2D eigenvalue weighted by Gasteiger charge is -2.20. The summed E-state index contributed by atoms with van der Waals surface area (Å²) in [5.41, 5.74) is 1.17. The Labute approximate surface area is 148 Å². The molecule has 134 valence electrons. The maximum absolute atomic E-state index is 12.3. The Morgan fingerprint density at radius 1 is 1.28 bits per heavy atom. The molecule has 1 amide bonds. The Morgan fingerprint density at radius 2 is 2.08 bits per heavy atom. The molecule has 2 heterocycles. The topological polar surface area (TPSA) is 59.4 Å². The highest BCUT2D eigenvalue weighted by Gasteiger charge is 2.34. The van der Waals surface area contributed by atoms with E-state index in [1.165, 1.54) is 5.69 Å². The van der Waals surface area contributed by atoms with Crippen molar-refractivity contribution in [3.63, 3.8) is 0 Å². The molecule has 0 aliphatic carbocycles. The van der Waals surface area contributed by atoms with Gasteiger partial charge in [-0.05, 0) is 25.6 Å². The highest BCUT2D eigenvalue weighted by Crippen LogP contribution is 2.26. The first-order valence-electron chi connectivity index (χ1n) is 8.75. The Kier molecular flexibility index (Phi) is 5.71. The second-order valence-corrected chi connectivity index (χ2v) is 6.70. The van der Waals surface area contributed by atoms with E-state index in [0.29, 0.717) is 19.4 Å². The largest absolute Gasteiger partial charge is 0.494 e. The fourth-order valence-corrected chi connectivity index (χ4v) is 3.39. The van der Waals surface area contributed by atoms with Crippen molar-refractivity contribution < 1.29 is 9.53 Å². The zero-order valence-electron chi connectivity index (χ0n) is 14.9. The maximum atomic E-state index is 12.3. The monoisotopic (exact) mass is 342 g/mol. The first-order valence-corrected chi connectivity index (χ1v) is 8.75. The summed E-state index contributed by atoms with van der Waals surface area (Å²) in [6.45, 7) is 2.34. The van der Waals surface area contributed by atoms with Crippen LogP contribution in [0.15, 0.2) is 42.9 Å². The molecule has 1 aliphatic rings. The van der Waals surface area contributed by atoms with E-state index in [9.17, 15) is 4.79 Å². The Bertz CT molecular complexity index is 686. The number of likely N-dealkylation sites (N-methyl/N-ethyl adjacent to an activating group) is 1. The number of nitrogens with zero attached hydrogens (tertiary/aromatic N) is 3. The van der Waals surface area contributed by atoms with E-state index >= 15 is 0 Å². The van der Waals surface area contributed by atoms with Crippen molar-refractivity contribution in [2.45, 2.75) is 24.8 Å². The van der Waals surface area contributed by atoms with Gasteiger partial charge < -0.3 is 19.5 Å². The quantitative estimate of drug-likeness (QED) is 0.780. The molecule has 1 aromatic heterocycles. The van der Waals surface area contributed by atoms with Crippen LogP contribution in [0.2, 0.25) is 0 Å². The van der Waals surface area contributed by atoms with E-state index in [0.717, 1.165) is 18.8 Å². The van der Waals surface area contributed by atoms with Gasteiger partial charge in [-0.3, -0.25) is 4.79 Å². The van der Waals surface area contributed by atoms with E-state index in [-0.39, 0.29) is 17.9 Å². The number of carbonyl (C=O) groups excluding carboxylic acids is 1. The number of hydrogen-bond donors (Lipinski definition) is 1. The summed E-state index contributed by atoms with van der Waals surface area (Å²) in [5.74, 6) is 1.21. The lowest BCUT2D eigenvalue weighted by atomic mass is 10.00. The summed E-state index contributed by atoms with van der Waals surface area (Å²) < 4.78 is 7.68. The van der Waals surface area contributed by atoms with Gasteiger partial charge in [0.15, 0.2) is 0 Å². The van der Waals surface area contributed by atoms with Crippen LogP contribution in [0.5, 0.6) is 5.75 Å². The number of likely N-dealkylation sites (tertiary alicyclic amines) is 1. The van der Waals surface area contributed by atoms with Crippen molar-refractivity contribution in [2.24, 2.45) is 7.05 Å². The molecule has 2 aromatic rings. The van der Waals surface area contributed by atoms with E-state index in [1.807, 2.05) is 54.5 Å². The molecule has 0 bridgehead atoms. The molecule has 1 fully saturated rings. The van der Waals surface area contributed by atoms with Crippen LogP contribution in [0.25, 0.3) is 0 Å². The summed E-state index contributed by atoms with van der Waals surface area (Å²) in [6, 6.07) is 9.81. The Balaban J connectivity index is 1.46. The summed E-state index contributed by atoms with van der Waals surface area (Å²) in [4.78, 5) is 18.8. The Hall–Kier alpha value is -2.34. The number of para-hydroxylation sites is 1. The van der Waals surface area contributed by atoms with Crippen LogP contribution in [-0.4, -0.2) is 53.1 Å². The molecule has 6 heteroatoms. The smallest absolute Gasteiger partial charge is 0.220 e. The second kappa shape index (κ2) is 8.16. The van der Waals surface area contributed by atoms with Gasteiger partial charge in [0, 0.05) is 44.4 Å². The molecular formula is C19H26N4O2. The van der Waals surface area contributed by atoms with Crippen LogP contribution in [0.1, 0.15) is 24.5 Å². The summed E-state index contributed by atoms with van der Waals surface area (Å²) >= 11 is 0. The van der Waals surface area contributed by atoms with Crippen LogP contribution in [0.3, 0.4) is 0 Å². The van der Waals surface area contributed by atoms with Crippen LogP contribution >= 0.6 is 0 Å². The zero-order chi connectivity index (χ0) is 17.6. The fraction of sp³-hybridized carbons (Fsp3) is 0.474. The van der Waals surface area contributed by atoms with E-state index < -0.39 is 0 Å². The Morgan fingerprint density at radius 3 is 2.80 bits per heavy atom. The third-order valence-corrected chi connectivity index (χ3v) is 4.64. The number of imidazole rings is 1. The summed E-state index contributed by atoms with van der Waals surface area (Å²) in [6.07, 6.45) is 4.90. The molecular weight excluding hydrogens is 316 g/mol. The molecule has 1 aliphatic heterocycles. The molecule has 0 unspecified atom stereocenters. The molecule has 0 spiro atoms. The van der Waals surface area contributed by atoms with Gasteiger partial charge in [-0.1, -0.05) is 18.2 Å². The lowest BCUT2D eigenvalue weighted by molar-refractivity contribution is -0.122. The van der Waals surface area contributed by atoms with Gasteiger partial charge in [0.05, 0.1) is 19.0 Å². The molecule has 6 nitrogen and oxygen atoms in total. The first kappa shape index (κ1) is 17.5. The molecule has 0 saturated carbocycles. The van der Waals surface area contributed by atoms with E-state index in [1.54, 1.807) is 0 Å². The number of hydrogen-bond acceptors (Lipinski definition) is 4. The minimum Gasteiger partial charge on any atom is -0.494 e.